The molecule has 0 atom stereocenters. The number of pyridine rings is 2. The van der Waals surface area contributed by atoms with Gasteiger partial charge in [-0.1, -0.05) is 19.1 Å². The van der Waals surface area contributed by atoms with E-state index in [0.29, 0.717) is 0 Å². The highest BCUT2D eigenvalue weighted by molar-refractivity contribution is 6.05. The summed E-state index contributed by atoms with van der Waals surface area (Å²) in [5.41, 5.74) is 2.29. The molecule has 0 saturated carbocycles. The zero-order valence-electron chi connectivity index (χ0n) is 10.6. The summed E-state index contributed by atoms with van der Waals surface area (Å²) in [5.74, 6) is 0.967. The largest absolute Gasteiger partial charge is 0.373 e. The van der Waals surface area contributed by atoms with E-state index in [9.17, 15) is 0 Å². The van der Waals surface area contributed by atoms with Crippen molar-refractivity contribution in [3.63, 3.8) is 0 Å². The Hall–Kier alpha value is -2.16. The van der Waals surface area contributed by atoms with E-state index in [4.69, 9.17) is 4.98 Å². The first-order chi connectivity index (χ1) is 8.83. The van der Waals surface area contributed by atoms with Crippen molar-refractivity contribution < 1.29 is 0 Å². The number of anilines is 1. The van der Waals surface area contributed by atoms with E-state index >= 15 is 0 Å². The van der Waals surface area contributed by atoms with Gasteiger partial charge in [0.2, 0.25) is 0 Å². The smallest absolute Gasteiger partial charge is 0.129 e. The molecule has 2 heterocycles. The van der Waals surface area contributed by atoms with Crippen molar-refractivity contribution in [1.82, 2.24) is 9.97 Å². The van der Waals surface area contributed by atoms with Crippen LogP contribution in [-0.4, -0.2) is 17.0 Å². The fourth-order valence-corrected chi connectivity index (χ4v) is 2.34. The topological polar surface area (TPSA) is 37.8 Å². The van der Waals surface area contributed by atoms with Gasteiger partial charge in [-0.2, -0.15) is 0 Å². The monoisotopic (exact) mass is 237 g/mol. The van der Waals surface area contributed by atoms with Crippen molar-refractivity contribution in [3.8, 4) is 0 Å². The number of aromatic nitrogens is 2. The van der Waals surface area contributed by atoms with E-state index in [1.165, 1.54) is 10.9 Å². The lowest BCUT2D eigenvalue weighted by Crippen LogP contribution is -1.98. The molecule has 0 bridgehead atoms. The van der Waals surface area contributed by atoms with Crippen LogP contribution in [0.3, 0.4) is 0 Å². The minimum absolute atomic E-state index is 0.967. The predicted molar refractivity (Wildman–Crippen MR) is 76.0 cm³/mol. The summed E-state index contributed by atoms with van der Waals surface area (Å²) >= 11 is 0. The van der Waals surface area contributed by atoms with Crippen molar-refractivity contribution in [1.29, 1.82) is 0 Å². The van der Waals surface area contributed by atoms with Gasteiger partial charge in [-0.05, 0) is 24.1 Å². The third-order valence-corrected chi connectivity index (χ3v) is 3.30. The first kappa shape index (κ1) is 11.0. The Morgan fingerprint density at radius 2 is 2.00 bits per heavy atom. The van der Waals surface area contributed by atoms with Gasteiger partial charge in [-0.3, -0.25) is 4.98 Å². The molecule has 3 nitrogen and oxygen atoms in total. The van der Waals surface area contributed by atoms with Gasteiger partial charge in [0, 0.05) is 35.6 Å². The molecule has 2 aromatic heterocycles. The standard InChI is InChI=1S/C15H15N3/c1-3-10-8-11-4-5-12-9-17-7-6-13(12)14(11)18-15(10)16-2/h4-9H,3H2,1-2H3,(H,16,18). The lowest BCUT2D eigenvalue weighted by Gasteiger charge is -2.10. The Labute approximate surface area is 106 Å². The molecule has 1 aromatic carbocycles. The van der Waals surface area contributed by atoms with Gasteiger partial charge in [-0.25, -0.2) is 4.98 Å². The van der Waals surface area contributed by atoms with E-state index in [1.807, 2.05) is 25.5 Å². The summed E-state index contributed by atoms with van der Waals surface area (Å²) in [6, 6.07) is 8.46. The van der Waals surface area contributed by atoms with Gasteiger partial charge in [0.25, 0.3) is 0 Å². The summed E-state index contributed by atoms with van der Waals surface area (Å²) in [4.78, 5) is 8.91. The van der Waals surface area contributed by atoms with Crippen LogP contribution in [0.2, 0.25) is 0 Å². The van der Waals surface area contributed by atoms with Gasteiger partial charge < -0.3 is 5.32 Å². The van der Waals surface area contributed by atoms with Crippen LogP contribution in [0.25, 0.3) is 21.7 Å². The lowest BCUT2D eigenvalue weighted by molar-refractivity contribution is 1.12. The minimum atomic E-state index is 0.967. The molecule has 0 aliphatic carbocycles. The maximum Gasteiger partial charge on any atom is 0.129 e. The molecule has 0 spiro atoms. The molecule has 3 heteroatoms. The van der Waals surface area contributed by atoms with E-state index < -0.39 is 0 Å². The predicted octanol–water partition coefficient (Wildman–Crippen LogP) is 3.39. The number of hydrogen-bond donors (Lipinski definition) is 1. The Bertz CT molecular complexity index is 719. The zero-order valence-corrected chi connectivity index (χ0v) is 10.6. The summed E-state index contributed by atoms with van der Waals surface area (Å²) in [5, 5.41) is 6.64. The average Bonchev–Trinajstić information content (AvgIpc) is 2.45. The van der Waals surface area contributed by atoms with Crippen LogP contribution >= 0.6 is 0 Å². The Kier molecular flexibility index (Phi) is 2.59. The summed E-state index contributed by atoms with van der Waals surface area (Å²) in [7, 11) is 1.92. The molecule has 0 radical (unpaired) electrons. The quantitative estimate of drug-likeness (QED) is 0.694. The maximum absolute atomic E-state index is 4.75. The second-order valence-corrected chi connectivity index (χ2v) is 4.33. The number of aryl methyl sites for hydroxylation is 1. The van der Waals surface area contributed by atoms with Gasteiger partial charge in [0.15, 0.2) is 0 Å². The van der Waals surface area contributed by atoms with Crippen LogP contribution in [-0.2, 0) is 6.42 Å². The molecule has 3 aromatic rings. The lowest BCUT2D eigenvalue weighted by atomic mass is 10.1. The van der Waals surface area contributed by atoms with Crippen LogP contribution < -0.4 is 5.32 Å². The molecule has 0 aliphatic heterocycles. The number of nitrogens with zero attached hydrogens (tertiary/aromatic N) is 2. The van der Waals surface area contributed by atoms with Crippen LogP contribution in [0, 0.1) is 0 Å². The summed E-state index contributed by atoms with van der Waals surface area (Å²) in [6.45, 7) is 2.15. The second kappa shape index (κ2) is 4.26. The number of hydrogen-bond acceptors (Lipinski definition) is 3. The van der Waals surface area contributed by atoms with E-state index in [1.54, 1.807) is 0 Å². The maximum atomic E-state index is 4.75. The fraction of sp³-hybridized carbons (Fsp3) is 0.200. The summed E-state index contributed by atoms with van der Waals surface area (Å²) in [6.07, 6.45) is 4.67. The van der Waals surface area contributed by atoms with Crippen LogP contribution in [0.4, 0.5) is 5.82 Å². The first-order valence-electron chi connectivity index (χ1n) is 6.17. The normalized spacial score (nSPS) is 11.0. The number of rotatable bonds is 2. The molecule has 18 heavy (non-hydrogen) atoms. The highest BCUT2D eigenvalue weighted by Crippen LogP contribution is 2.27. The minimum Gasteiger partial charge on any atom is -0.373 e. The van der Waals surface area contributed by atoms with Crippen LogP contribution in [0.15, 0.2) is 36.7 Å². The number of benzene rings is 1. The van der Waals surface area contributed by atoms with Gasteiger partial charge >= 0.3 is 0 Å². The molecule has 0 fully saturated rings. The number of fused-ring (bicyclic) bond motifs is 3. The molecule has 0 unspecified atom stereocenters. The number of nitrogens with one attached hydrogen (secondary N) is 1. The molecule has 3 rings (SSSR count). The highest BCUT2D eigenvalue weighted by atomic mass is 15.0. The summed E-state index contributed by atoms with van der Waals surface area (Å²) < 4.78 is 0. The molecule has 0 saturated heterocycles. The molecule has 0 aliphatic rings. The van der Waals surface area contributed by atoms with Gasteiger partial charge in [-0.15, -0.1) is 0 Å². The van der Waals surface area contributed by atoms with Crippen molar-refractivity contribution in [3.05, 3.63) is 42.2 Å². The van der Waals surface area contributed by atoms with Crippen molar-refractivity contribution >= 4 is 27.5 Å². The van der Waals surface area contributed by atoms with Crippen LogP contribution in [0.5, 0.6) is 0 Å². The first-order valence-corrected chi connectivity index (χ1v) is 6.17. The highest BCUT2D eigenvalue weighted by Gasteiger charge is 2.07. The Morgan fingerprint density at radius 1 is 1.17 bits per heavy atom. The van der Waals surface area contributed by atoms with Crippen molar-refractivity contribution in [2.75, 3.05) is 12.4 Å². The third-order valence-electron chi connectivity index (χ3n) is 3.30. The molecular formula is C15H15N3. The van der Waals surface area contributed by atoms with Crippen molar-refractivity contribution in [2.45, 2.75) is 13.3 Å². The molecule has 0 amide bonds. The van der Waals surface area contributed by atoms with Crippen LogP contribution in [0.1, 0.15) is 12.5 Å². The molecule has 90 valence electrons. The SMILES string of the molecule is CCc1cc2ccc3cnccc3c2nc1NC. The second-order valence-electron chi connectivity index (χ2n) is 4.33. The van der Waals surface area contributed by atoms with E-state index in [0.717, 1.165) is 28.5 Å². The van der Waals surface area contributed by atoms with Gasteiger partial charge in [0.1, 0.15) is 5.82 Å². The Balaban J connectivity index is 2.43. The molecule has 1 N–H and O–H groups in total. The third kappa shape index (κ3) is 1.59. The van der Waals surface area contributed by atoms with E-state index in [-0.39, 0.29) is 0 Å². The molecular weight excluding hydrogens is 222 g/mol. The zero-order chi connectivity index (χ0) is 12.5. The van der Waals surface area contributed by atoms with Gasteiger partial charge in [0.05, 0.1) is 5.52 Å². The van der Waals surface area contributed by atoms with Crippen molar-refractivity contribution in [2.24, 2.45) is 0 Å². The fourth-order valence-electron chi connectivity index (χ4n) is 2.34. The Morgan fingerprint density at radius 3 is 2.78 bits per heavy atom. The average molecular weight is 237 g/mol. The van der Waals surface area contributed by atoms with E-state index in [2.05, 4.69) is 35.4 Å².